The number of thioether (sulfide) groups is 1. The SMILES string of the molecule is COC1OC(CO)C(SC2(C(=O)O)CC(O)C(NC(C)=O)C([C@H](O)[C@H](O)CO)O2)C(O)C1O. The number of carbonyl (C=O) groups is 2. The molecule has 0 aromatic rings. The minimum Gasteiger partial charge on any atom is -0.478 e. The fraction of sp³-hybridized carbons (Fsp3) is 0.889. The summed E-state index contributed by atoms with van der Waals surface area (Å²) in [4.78, 5) is 21.5. The van der Waals surface area contributed by atoms with Gasteiger partial charge in [-0.15, -0.1) is 11.8 Å². The number of aliphatic carboxylic acids is 1. The number of nitrogens with one attached hydrogen (secondary N) is 1. The molecule has 0 bridgehead atoms. The van der Waals surface area contributed by atoms with Gasteiger partial charge in [-0.3, -0.25) is 4.79 Å². The lowest BCUT2D eigenvalue weighted by Crippen LogP contribution is -2.67. The predicted molar refractivity (Wildman–Crippen MR) is 109 cm³/mol. The molecule has 0 saturated carbocycles. The summed E-state index contributed by atoms with van der Waals surface area (Å²) in [5, 5.41) is 81.8. The smallest absolute Gasteiger partial charge is 0.346 e. The van der Waals surface area contributed by atoms with Gasteiger partial charge in [0, 0.05) is 20.5 Å². The van der Waals surface area contributed by atoms with Crippen molar-refractivity contribution in [3.05, 3.63) is 0 Å². The number of carbonyl (C=O) groups excluding carboxylic acids is 1. The van der Waals surface area contributed by atoms with Crippen LogP contribution in [0.3, 0.4) is 0 Å². The quantitative estimate of drug-likeness (QED) is 0.144. The molecule has 11 atom stereocenters. The van der Waals surface area contributed by atoms with Crippen LogP contribution < -0.4 is 5.32 Å². The van der Waals surface area contributed by atoms with E-state index in [1.807, 2.05) is 0 Å². The highest BCUT2D eigenvalue weighted by Gasteiger charge is 2.58. The third-order valence-corrected chi connectivity index (χ3v) is 7.24. The lowest BCUT2D eigenvalue weighted by atomic mass is 9.89. The van der Waals surface area contributed by atoms with E-state index in [-0.39, 0.29) is 0 Å². The summed E-state index contributed by atoms with van der Waals surface area (Å²) in [6, 6.07) is -1.35. The van der Waals surface area contributed by atoms with Gasteiger partial charge in [0.2, 0.25) is 10.8 Å². The van der Waals surface area contributed by atoms with Gasteiger partial charge in [-0.25, -0.2) is 4.79 Å². The molecule has 9 unspecified atom stereocenters. The second kappa shape index (κ2) is 11.5. The molecule has 0 radical (unpaired) electrons. The lowest BCUT2D eigenvalue weighted by molar-refractivity contribution is -0.260. The molecular formula is C18H31NO13S. The van der Waals surface area contributed by atoms with E-state index in [0.29, 0.717) is 11.8 Å². The van der Waals surface area contributed by atoms with Crippen molar-refractivity contribution in [2.75, 3.05) is 20.3 Å². The van der Waals surface area contributed by atoms with Crippen LogP contribution in [0.1, 0.15) is 13.3 Å². The van der Waals surface area contributed by atoms with Crippen LogP contribution in [0.4, 0.5) is 0 Å². The molecule has 2 aliphatic heterocycles. The van der Waals surface area contributed by atoms with Crippen molar-refractivity contribution in [3.8, 4) is 0 Å². The normalized spacial score (nSPS) is 41.2. The van der Waals surface area contributed by atoms with Crippen molar-refractivity contribution in [3.63, 3.8) is 0 Å². The van der Waals surface area contributed by atoms with E-state index in [1.165, 1.54) is 7.11 Å². The maximum Gasteiger partial charge on any atom is 0.346 e. The van der Waals surface area contributed by atoms with Crippen LogP contribution in [-0.4, -0.2) is 138 Å². The summed E-state index contributed by atoms with van der Waals surface area (Å²) < 4.78 is 15.9. The number of hydrogen-bond acceptors (Lipinski definition) is 13. The zero-order chi connectivity index (χ0) is 25.1. The minimum atomic E-state index is -2.38. The van der Waals surface area contributed by atoms with E-state index in [9.17, 15) is 50.4 Å². The molecule has 2 heterocycles. The molecule has 2 aliphatic rings. The van der Waals surface area contributed by atoms with Gasteiger partial charge >= 0.3 is 5.97 Å². The maximum atomic E-state index is 12.3. The van der Waals surface area contributed by atoms with E-state index >= 15 is 0 Å². The Bertz CT molecular complexity index is 684. The van der Waals surface area contributed by atoms with Crippen LogP contribution in [-0.2, 0) is 23.8 Å². The highest BCUT2D eigenvalue weighted by Crippen LogP contribution is 2.45. The summed E-state index contributed by atoms with van der Waals surface area (Å²) in [5.41, 5.74) is 0. The number of hydrogen-bond donors (Lipinski definition) is 9. The Morgan fingerprint density at radius 1 is 1.21 bits per heavy atom. The topological polar surface area (TPSA) is 236 Å². The zero-order valence-electron chi connectivity index (χ0n) is 17.9. The van der Waals surface area contributed by atoms with Crippen molar-refractivity contribution in [2.45, 2.75) is 78.6 Å². The molecule has 2 rings (SSSR count). The van der Waals surface area contributed by atoms with E-state index in [4.69, 9.17) is 14.2 Å². The summed E-state index contributed by atoms with van der Waals surface area (Å²) >= 11 is 0.419. The number of methoxy groups -OCH3 is 1. The third kappa shape index (κ3) is 5.94. The van der Waals surface area contributed by atoms with Gasteiger partial charge in [0.1, 0.15) is 24.4 Å². The average Bonchev–Trinajstić information content (AvgIpc) is 2.77. The molecule has 2 saturated heterocycles. The number of ether oxygens (including phenoxy) is 3. The predicted octanol–water partition coefficient (Wildman–Crippen LogP) is -4.68. The highest BCUT2D eigenvalue weighted by molar-refractivity contribution is 8.01. The van der Waals surface area contributed by atoms with E-state index in [2.05, 4.69) is 5.32 Å². The van der Waals surface area contributed by atoms with Gasteiger partial charge in [-0.05, 0) is 0 Å². The molecule has 0 aromatic carbocycles. The van der Waals surface area contributed by atoms with Crippen LogP contribution in [0.5, 0.6) is 0 Å². The Kier molecular flexibility index (Phi) is 9.84. The monoisotopic (exact) mass is 501 g/mol. The Hall–Kier alpha value is -1.11. The van der Waals surface area contributed by atoms with Crippen LogP contribution in [0.25, 0.3) is 0 Å². The molecule has 15 heteroatoms. The molecule has 9 N–H and O–H groups in total. The highest BCUT2D eigenvalue weighted by atomic mass is 32.2. The minimum absolute atomic E-state index is 0.419. The number of rotatable bonds is 9. The number of aliphatic hydroxyl groups is 7. The second-order valence-electron chi connectivity index (χ2n) is 7.90. The summed E-state index contributed by atoms with van der Waals surface area (Å²) in [7, 11) is 1.20. The van der Waals surface area contributed by atoms with Crippen LogP contribution in [0.2, 0.25) is 0 Å². The lowest BCUT2D eigenvalue weighted by Gasteiger charge is -2.49. The second-order valence-corrected chi connectivity index (χ2v) is 9.34. The van der Waals surface area contributed by atoms with Crippen molar-refractivity contribution in [1.82, 2.24) is 5.32 Å². The number of amides is 1. The van der Waals surface area contributed by atoms with Crippen LogP contribution in [0, 0.1) is 0 Å². The van der Waals surface area contributed by atoms with Crippen molar-refractivity contribution < 1.29 is 64.7 Å². The van der Waals surface area contributed by atoms with Crippen LogP contribution in [0.15, 0.2) is 0 Å². The number of carboxylic acids is 1. The van der Waals surface area contributed by atoms with Gasteiger partial charge in [-0.1, -0.05) is 0 Å². The van der Waals surface area contributed by atoms with E-state index in [0.717, 1.165) is 6.92 Å². The fourth-order valence-electron chi connectivity index (χ4n) is 3.86. The van der Waals surface area contributed by atoms with E-state index in [1.54, 1.807) is 0 Å². The molecule has 1 amide bonds. The first-order valence-electron chi connectivity index (χ1n) is 10.1. The first kappa shape index (κ1) is 28.1. The molecule has 0 aromatic heterocycles. The molecular weight excluding hydrogens is 470 g/mol. The molecule has 192 valence electrons. The third-order valence-electron chi connectivity index (χ3n) is 5.57. The summed E-state index contributed by atoms with van der Waals surface area (Å²) in [5.74, 6) is -2.28. The zero-order valence-corrected chi connectivity index (χ0v) is 18.7. The molecule has 0 aliphatic carbocycles. The van der Waals surface area contributed by atoms with Crippen molar-refractivity contribution >= 4 is 23.6 Å². The largest absolute Gasteiger partial charge is 0.478 e. The number of carboxylic acid groups (broad SMARTS) is 1. The Labute approximate surface area is 193 Å². The molecule has 2 fully saturated rings. The van der Waals surface area contributed by atoms with Gasteiger partial charge < -0.3 is 60.4 Å². The van der Waals surface area contributed by atoms with Gasteiger partial charge in [0.15, 0.2) is 6.29 Å². The average molecular weight is 502 g/mol. The Balaban J connectivity index is 2.42. The fourth-order valence-corrected chi connectivity index (χ4v) is 5.44. The summed E-state index contributed by atoms with van der Waals surface area (Å²) in [6.07, 6.45) is -13.5. The van der Waals surface area contributed by atoms with E-state index < -0.39 is 96.8 Å². The first-order chi connectivity index (χ1) is 15.4. The van der Waals surface area contributed by atoms with Crippen LogP contribution >= 0.6 is 11.8 Å². The number of aliphatic hydroxyl groups excluding tert-OH is 7. The molecule has 14 nitrogen and oxygen atoms in total. The standard InChI is InChI=1S/C18H31NO13S/c1-6(22)19-10-7(23)3-18(17(28)29,32-14(10)11(25)8(24)4-20)33-15-9(5-21)31-16(30-2)13(27)12(15)26/h7-16,20-21,23-27H,3-5H2,1-2H3,(H,19,22)(H,28,29)/t7?,8-,9?,10?,11-,12?,13?,14?,15?,16?,18?/m1/s1. The Morgan fingerprint density at radius 3 is 2.33 bits per heavy atom. The van der Waals surface area contributed by atoms with Crippen molar-refractivity contribution in [1.29, 1.82) is 0 Å². The molecule has 33 heavy (non-hydrogen) atoms. The first-order valence-corrected chi connectivity index (χ1v) is 11.0. The van der Waals surface area contributed by atoms with Gasteiger partial charge in [-0.2, -0.15) is 0 Å². The maximum absolute atomic E-state index is 12.3. The van der Waals surface area contributed by atoms with Gasteiger partial charge in [0.05, 0.1) is 42.8 Å². The summed E-state index contributed by atoms with van der Waals surface area (Å²) in [6.45, 7) is -0.505. The van der Waals surface area contributed by atoms with Gasteiger partial charge in [0.25, 0.3) is 0 Å². The Morgan fingerprint density at radius 2 is 1.85 bits per heavy atom. The van der Waals surface area contributed by atoms with Crippen molar-refractivity contribution in [2.24, 2.45) is 0 Å². The molecule has 0 spiro atoms.